The fourth-order valence-electron chi connectivity index (χ4n) is 3.13. The molecule has 1 aliphatic rings. The minimum atomic E-state index is 0.158. The maximum absolute atomic E-state index is 3.63. The summed E-state index contributed by atoms with van der Waals surface area (Å²) in [5, 5.41) is 3.63. The zero-order chi connectivity index (χ0) is 14.9. The third-order valence-corrected chi connectivity index (χ3v) is 4.14. The normalized spacial score (nSPS) is 23.4. The lowest BCUT2D eigenvalue weighted by Gasteiger charge is -2.28. The second-order valence-electron chi connectivity index (χ2n) is 7.58. The van der Waals surface area contributed by atoms with Crippen LogP contribution in [-0.4, -0.2) is 18.1 Å². The van der Waals surface area contributed by atoms with Gasteiger partial charge in [0.05, 0.1) is 0 Å². The summed E-state index contributed by atoms with van der Waals surface area (Å²) in [7, 11) is 0. The van der Waals surface area contributed by atoms with Crippen LogP contribution in [0.1, 0.15) is 52.2 Å². The van der Waals surface area contributed by atoms with E-state index >= 15 is 0 Å². The quantitative estimate of drug-likeness (QED) is 0.892. The summed E-state index contributed by atoms with van der Waals surface area (Å²) in [6.45, 7) is 15.7. The summed E-state index contributed by atoms with van der Waals surface area (Å²) in [6, 6.07) is 7.54. The van der Waals surface area contributed by atoms with Crippen molar-refractivity contribution in [3.8, 4) is 0 Å². The SMILES string of the molecule is Cc1ccc(N2CC(C)CC2C)c(CNC(C)(C)C)c1. The van der Waals surface area contributed by atoms with Crippen LogP contribution in [0.25, 0.3) is 0 Å². The standard InChI is InChI=1S/C18H30N2/c1-13-7-8-17(20-12-14(2)9-15(20)3)16(10-13)11-19-18(4,5)6/h7-8,10,14-15,19H,9,11-12H2,1-6H3. The molecule has 0 radical (unpaired) electrons. The van der Waals surface area contributed by atoms with Gasteiger partial charge in [0.25, 0.3) is 0 Å². The molecule has 2 heteroatoms. The fraction of sp³-hybridized carbons (Fsp3) is 0.667. The highest BCUT2D eigenvalue weighted by atomic mass is 15.2. The Morgan fingerprint density at radius 3 is 2.50 bits per heavy atom. The van der Waals surface area contributed by atoms with Crippen molar-refractivity contribution < 1.29 is 0 Å². The molecule has 0 bridgehead atoms. The van der Waals surface area contributed by atoms with E-state index in [2.05, 4.69) is 70.0 Å². The molecule has 1 fully saturated rings. The molecule has 0 spiro atoms. The number of anilines is 1. The summed E-state index contributed by atoms with van der Waals surface area (Å²) >= 11 is 0. The number of hydrogen-bond acceptors (Lipinski definition) is 2. The molecular weight excluding hydrogens is 244 g/mol. The summed E-state index contributed by atoms with van der Waals surface area (Å²) in [4.78, 5) is 2.59. The van der Waals surface area contributed by atoms with E-state index in [-0.39, 0.29) is 5.54 Å². The second kappa shape index (κ2) is 5.77. The van der Waals surface area contributed by atoms with E-state index < -0.39 is 0 Å². The molecule has 20 heavy (non-hydrogen) atoms. The Kier molecular flexibility index (Phi) is 4.43. The van der Waals surface area contributed by atoms with Gasteiger partial charge >= 0.3 is 0 Å². The van der Waals surface area contributed by atoms with E-state index in [0.717, 1.165) is 12.5 Å². The molecule has 2 unspecified atom stereocenters. The molecule has 2 nitrogen and oxygen atoms in total. The Morgan fingerprint density at radius 2 is 1.95 bits per heavy atom. The zero-order valence-corrected chi connectivity index (χ0v) is 14.0. The smallest absolute Gasteiger partial charge is 0.0414 e. The van der Waals surface area contributed by atoms with Gasteiger partial charge in [0, 0.05) is 30.4 Å². The zero-order valence-electron chi connectivity index (χ0n) is 14.0. The van der Waals surface area contributed by atoms with Crippen LogP contribution in [0.2, 0.25) is 0 Å². The maximum Gasteiger partial charge on any atom is 0.0414 e. The van der Waals surface area contributed by atoms with E-state index in [9.17, 15) is 0 Å². The van der Waals surface area contributed by atoms with E-state index in [4.69, 9.17) is 0 Å². The van der Waals surface area contributed by atoms with Crippen molar-refractivity contribution >= 4 is 5.69 Å². The molecule has 112 valence electrons. The predicted octanol–water partition coefficient (Wildman–Crippen LogP) is 4.12. The van der Waals surface area contributed by atoms with Crippen molar-refractivity contribution in [1.82, 2.24) is 5.32 Å². The van der Waals surface area contributed by atoms with Crippen molar-refractivity contribution in [1.29, 1.82) is 0 Å². The molecule has 1 aliphatic heterocycles. The number of hydrogen-bond donors (Lipinski definition) is 1. The fourth-order valence-corrected chi connectivity index (χ4v) is 3.13. The van der Waals surface area contributed by atoms with Gasteiger partial charge in [-0.2, -0.15) is 0 Å². The van der Waals surface area contributed by atoms with Crippen molar-refractivity contribution in [3.63, 3.8) is 0 Å². The number of nitrogens with one attached hydrogen (secondary N) is 1. The average Bonchev–Trinajstić information content (AvgIpc) is 2.65. The minimum Gasteiger partial charge on any atom is -0.368 e. The van der Waals surface area contributed by atoms with E-state index in [1.807, 2.05) is 0 Å². The summed E-state index contributed by atoms with van der Waals surface area (Å²) in [6.07, 6.45) is 1.31. The van der Waals surface area contributed by atoms with Crippen molar-refractivity contribution in [2.75, 3.05) is 11.4 Å². The van der Waals surface area contributed by atoms with Gasteiger partial charge in [-0.1, -0.05) is 24.6 Å². The predicted molar refractivity (Wildman–Crippen MR) is 88.4 cm³/mol. The molecule has 0 aromatic heterocycles. The van der Waals surface area contributed by atoms with E-state index in [1.54, 1.807) is 0 Å². The van der Waals surface area contributed by atoms with Crippen LogP contribution >= 0.6 is 0 Å². The third-order valence-electron chi connectivity index (χ3n) is 4.14. The number of rotatable bonds is 3. The highest BCUT2D eigenvalue weighted by molar-refractivity contribution is 5.56. The highest BCUT2D eigenvalue weighted by Gasteiger charge is 2.27. The van der Waals surface area contributed by atoms with Gasteiger partial charge in [-0.3, -0.25) is 0 Å². The molecule has 2 atom stereocenters. The molecule has 1 aromatic rings. The Labute approximate surface area is 124 Å². The Hall–Kier alpha value is -1.02. The average molecular weight is 274 g/mol. The second-order valence-corrected chi connectivity index (χ2v) is 7.58. The first kappa shape index (κ1) is 15.4. The maximum atomic E-state index is 3.63. The van der Waals surface area contributed by atoms with Gasteiger partial charge < -0.3 is 10.2 Å². The van der Waals surface area contributed by atoms with E-state index in [0.29, 0.717) is 6.04 Å². The van der Waals surface area contributed by atoms with Crippen molar-refractivity contribution in [2.45, 2.75) is 66.1 Å². The first-order valence-electron chi connectivity index (χ1n) is 7.87. The lowest BCUT2D eigenvalue weighted by molar-refractivity contribution is 0.424. The lowest BCUT2D eigenvalue weighted by Crippen LogP contribution is -2.36. The molecule has 1 saturated heterocycles. The van der Waals surface area contributed by atoms with Gasteiger partial charge in [-0.25, -0.2) is 0 Å². The molecule has 0 aliphatic carbocycles. The topological polar surface area (TPSA) is 15.3 Å². The third kappa shape index (κ3) is 3.76. The van der Waals surface area contributed by atoms with Crippen LogP contribution in [0.15, 0.2) is 18.2 Å². The van der Waals surface area contributed by atoms with Crippen LogP contribution in [0, 0.1) is 12.8 Å². The first-order chi connectivity index (χ1) is 9.26. The van der Waals surface area contributed by atoms with Gasteiger partial charge in [0.2, 0.25) is 0 Å². The van der Waals surface area contributed by atoms with Crippen LogP contribution in [0.3, 0.4) is 0 Å². The first-order valence-corrected chi connectivity index (χ1v) is 7.87. The summed E-state index contributed by atoms with van der Waals surface area (Å²) in [5.74, 6) is 0.801. The highest BCUT2D eigenvalue weighted by Crippen LogP contribution is 2.32. The van der Waals surface area contributed by atoms with Gasteiger partial charge in [0.1, 0.15) is 0 Å². The van der Waals surface area contributed by atoms with Gasteiger partial charge in [0.15, 0.2) is 0 Å². The van der Waals surface area contributed by atoms with Crippen LogP contribution in [0.5, 0.6) is 0 Å². The van der Waals surface area contributed by atoms with Gasteiger partial charge in [-0.05, 0) is 58.6 Å². The number of benzene rings is 1. The molecule has 2 rings (SSSR count). The number of nitrogens with zero attached hydrogens (tertiary/aromatic N) is 1. The lowest BCUT2D eigenvalue weighted by atomic mass is 10.0. The molecule has 0 amide bonds. The molecule has 1 N–H and O–H groups in total. The van der Waals surface area contributed by atoms with Crippen LogP contribution in [0.4, 0.5) is 5.69 Å². The van der Waals surface area contributed by atoms with Crippen molar-refractivity contribution in [3.05, 3.63) is 29.3 Å². The summed E-state index contributed by atoms with van der Waals surface area (Å²) in [5.41, 5.74) is 4.36. The molecule has 1 heterocycles. The van der Waals surface area contributed by atoms with Crippen LogP contribution < -0.4 is 10.2 Å². The Bertz CT molecular complexity index is 459. The molecular formula is C18H30N2. The monoisotopic (exact) mass is 274 g/mol. The largest absolute Gasteiger partial charge is 0.368 e. The minimum absolute atomic E-state index is 0.158. The van der Waals surface area contributed by atoms with Crippen LogP contribution in [-0.2, 0) is 6.54 Å². The Balaban J connectivity index is 2.24. The van der Waals surface area contributed by atoms with Gasteiger partial charge in [-0.15, -0.1) is 0 Å². The molecule has 1 aromatic carbocycles. The van der Waals surface area contributed by atoms with Crippen molar-refractivity contribution in [2.24, 2.45) is 5.92 Å². The summed E-state index contributed by atoms with van der Waals surface area (Å²) < 4.78 is 0. The van der Waals surface area contributed by atoms with E-state index in [1.165, 1.54) is 29.8 Å². The Morgan fingerprint density at radius 1 is 1.25 bits per heavy atom. The number of aryl methyl sites for hydroxylation is 1. The molecule has 0 saturated carbocycles.